The smallest absolute Gasteiger partial charge is 0.313 e. The van der Waals surface area contributed by atoms with Crippen LogP contribution in [0.4, 0.5) is 0 Å². The van der Waals surface area contributed by atoms with Gasteiger partial charge in [0.05, 0.1) is 11.5 Å². The summed E-state index contributed by atoms with van der Waals surface area (Å²) >= 11 is 4.50. The average molecular weight is 360 g/mol. The number of carboxylic acids is 1. The number of halogens is 1. The highest BCUT2D eigenvalue weighted by Crippen LogP contribution is 2.12. The quantitative estimate of drug-likeness (QED) is 0.748. The van der Waals surface area contributed by atoms with Gasteiger partial charge >= 0.3 is 5.97 Å². The van der Waals surface area contributed by atoms with E-state index in [1.165, 1.54) is 5.56 Å². The van der Waals surface area contributed by atoms with Crippen LogP contribution in [0, 0.1) is 0 Å². The van der Waals surface area contributed by atoms with Crippen molar-refractivity contribution < 1.29 is 14.7 Å². The van der Waals surface area contributed by atoms with Crippen LogP contribution in [-0.4, -0.2) is 34.5 Å². The Hall–Kier alpha value is -1.01. The molecule has 1 unspecified atom stereocenters. The SMILES string of the molecule is CC(CCc1ccc(Br)cc1)NC(=O)CSCC(=O)O. The molecule has 2 N–H and O–H groups in total. The molecule has 0 aliphatic carbocycles. The van der Waals surface area contributed by atoms with Crippen LogP contribution in [0.3, 0.4) is 0 Å². The topological polar surface area (TPSA) is 66.4 Å². The summed E-state index contributed by atoms with van der Waals surface area (Å²) in [5.41, 5.74) is 1.23. The third kappa shape index (κ3) is 7.55. The van der Waals surface area contributed by atoms with Crippen molar-refractivity contribution in [1.29, 1.82) is 0 Å². The summed E-state index contributed by atoms with van der Waals surface area (Å²) in [6.07, 6.45) is 1.76. The third-order valence-electron chi connectivity index (χ3n) is 2.65. The van der Waals surface area contributed by atoms with E-state index in [1.807, 2.05) is 19.1 Å². The van der Waals surface area contributed by atoms with Crippen LogP contribution < -0.4 is 5.32 Å². The Bertz CT molecular complexity index is 450. The van der Waals surface area contributed by atoms with Gasteiger partial charge in [-0.1, -0.05) is 28.1 Å². The standard InChI is InChI=1S/C14H18BrNO3S/c1-10(16-13(17)8-20-9-14(18)19)2-3-11-4-6-12(15)7-5-11/h4-7,10H,2-3,8-9H2,1H3,(H,16,17)(H,18,19). The van der Waals surface area contributed by atoms with Crippen molar-refractivity contribution in [3.8, 4) is 0 Å². The van der Waals surface area contributed by atoms with Crippen LogP contribution in [0.25, 0.3) is 0 Å². The molecule has 0 aromatic heterocycles. The van der Waals surface area contributed by atoms with Gasteiger partial charge in [-0.25, -0.2) is 0 Å². The molecule has 1 atom stereocenters. The highest BCUT2D eigenvalue weighted by molar-refractivity contribution is 9.10. The minimum atomic E-state index is -0.897. The summed E-state index contributed by atoms with van der Waals surface area (Å²) in [5, 5.41) is 11.4. The summed E-state index contributed by atoms with van der Waals surface area (Å²) < 4.78 is 1.05. The fourth-order valence-corrected chi connectivity index (χ4v) is 2.46. The zero-order valence-electron chi connectivity index (χ0n) is 11.3. The number of rotatable bonds is 8. The summed E-state index contributed by atoms with van der Waals surface area (Å²) in [6.45, 7) is 1.96. The number of carbonyl (C=O) groups excluding carboxylic acids is 1. The van der Waals surface area contributed by atoms with Crippen LogP contribution in [0.2, 0.25) is 0 Å². The zero-order valence-corrected chi connectivity index (χ0v) is 13.7. The first kappa shape index (κ1) is 17.0. The molecule has 0 saturated carbocycles. The van der Waals surface area contributed by atoms with E-state index in [9.17, 15) is 9.59 Å². The van der Waals surface area contributed by atoms with Gasteiger partial charge in [0.25, 0.3) is 0 Å². The molecule has 0 saturated heterocycles. The lowest BCUT2D eigenvalue weighted by Gasteiger charge is -2.13. The molecule has 0 radical (unpaired) electrons. The molecule has 0 heterocycles. The molecule has 0 aliphatic heterocycles. The molecular weight excluding hydrogens is 342 g/mol. The number of aliphatic carboxylic acids is 1. The van der Waals surface area contributed by atoms with Crippen LogP contribution in [0.5, 0.6) is 0 Å². The molecule has 0 bridgehead atoms. The first-order valence-corrected chi connectivity index (χ1v) is 8.25. The number of hydrogen-bond donors (Lipinski definition) is 2. The Morgan fingerprint density at radius 3 is 2.55 bits per heavy atom. The van der Waals surface area contributed by atoms with Gasteiger partial charge < -0.3 is 10.4 Å². The normalized spacial score (nSPS) is 11.9. The Balaban J connectivity index is 2.22. The van der Waals surface area contributed by atoms with Crippen molar-refractivity contribution in [3.63, 3.8) is 0 Å². The van der Waals surface area contributed by atoms with Crippen molar-refractivity contribution in [2.45, 2.75) is 25.8 Å². The van der Waals surface area contributed by atoms with Crippen LogP contribution in [0.15, 0.2) is 28.7 Å². The summed E-state index contributed by atoms with van der Waals surface area (Å²) in [5.74, 6) is -0.860. The highest BCUT2D eigenvalue weighted by Gasteiger charge is 2.08. The Morgan fingerprint density at radius 2 is 1.95 bits per heavy atom. The van der Waals surface area contributed by atoms with Crippen molar-refractivity contribution in [2.24, 2.45) is 0 Å². The van der Waals surface area contributed by atoms with Gasteiger partial charge in [-0.15, -0.1) is 11.8 Å². The fourth-order valence-electron chi connectivity index (χ4n) is 1.65. The molecule has 6 heteroatoms. The molecule has 1 rings (SSSR count). The van der Waals surface area contributed by atoms with Crippen LogP contribution in [-0.2, 0) is 16.0 Å². The minimum absolute atomic E-state index is 0.0410. The number of carboxylic acid groups (broad SMARTS) is 1. The average Bonchev–Trinajstić information content (AvgIpc) is 2.37. The lowest BCUT2D eigenvalue weighted by Crippen LogP contribution is -2.34. The number of nitrogens with one attached hydrogen (secondary N) is 1. The second kappa shape index (κ2) is 9.02. The van der Waals surface area contributed by atoms with E-state index in [4.69, 9.17) is 5.11 Å². The number of aryl methyl sites for hydroxylation is 1. The van der Waals surface area contributed by atoms with E-state index < -0.39 is 5.97 Å². The van der Waals surface area contributed by atoms with Crippen molar-refractivity contribution >= 4 is 39.6 Å². The molecule has 1 aromatic carbocycles. The van der Waals surface area contributed by atoms with E-state index in [0.29, 0.717) is 0 Å². The van der Waals surface area contributed by atoms with Crippen molar-refractivity contribution in [1.82, 2.24) is 5.32 Å². The lowest BCUT2D eigenvalue weighted by molar-refractivity contribution is -0.133. The second-order valence-corrected chi connectivity index (χ2v) is 6.42. The number of thioether (sulfide) groups is 1. The minimum Gasteiger partial charge on any atom is -0.481 e. The number of carbonyl (C=O) groups is 2. The Morgan fingerprint density at radius 1 is 1.30 bits per heavy atom. The Kier molecular flexibility index (Phi) is 7.69. The molecule has 1 aromatic rings. The monoisotopic (exact) mass is 359 g/mol. The number of hydrogen-bond acceptors (Lipinski definition) is 3. The van der Waals surface area contributed by atoms with E-state index in [2.05, 4.69) is 33.4 Å². The predicted octanol–water partition coefficient (Wildman–Crippen LogP) is 2.70. The van der Waals surface area contributed by atoms with Crippen LogP contribution >= 0.6 is 27.7 Å². The first-order valence-electron chi connectivity index (χ1n) is 6.30. The predicted molar refractivity (Wildman–Crippen MR) is 85.0 cm³/mol. The molecule has 0 spiro atoms. The fraction of sp³-hybridized carbons (Fsp3) is 0.429. The largest absolute Gasteiger partial charge is 0.481 e. The van der Waals surface area contributed by atoms with Crippen molar-refractivity contribution in [3.05, 3.63) is 34.3 Å². The maximum atomic E-state index is 11.6. The third-order valence-corrected chi connectivity index (χ3v) is 4.09. The maximum Gasteiger partial charge on any atom is 0.313 e. The maximum absolute atomic E-state index is 11.6. The van der Waals surface area contributed by atoms with Crippen LogP contribution in [0.1, 0.15) is 18.9 Å². The molecule has 1 amide bonds. The van der Waals surface area contributed by atoms with E-state index >= 15 is 0 Å². The van der Waals surface area contributed by atoms with Gasteiger partial charge in [0.15, 0.2) is 0 Å². The Labute approximate surface area is 131 Å². The second-order valence-electron chi connectivity index (χ2n) is 4.52. The van der Waals surface area contributed by atoms with Gasteiger partial charge in [-0.3, -0.25) is 9.59 Å². The molecule has 20 heavy (non-hydrogen) atoms. The molecule has 110 valence electrons. The zero-order chi connectivity index (χ0) is 15.0. The number of amides is 1. The molecule has 0 fully saturated rings. The van der Waals surface area contributed by atoms with Gasteiger partial charge in [0, 0.05) is 10.5 Å². The van der Waals surface area contributed by atoms with Gasteiger partial charge in [0.2, 0.25) is 5.91 Å². The highest BCUT2D eigenvalue weighted by atomic mass is 79.9. The van der Waals surface area contributed by atoms with Gasteiger partial charge in [-0.2, -0.15) is 0 Å². The molecule has 4 nitrogen and oxygen atoms in total. The van der Waals surface area contributed by atoms with E-state index in [1.54, 1.807) is 0 Å². The van der Waals surface area contributed by atoms with Gasteiger partial charge in [0.1, 0.15) is 0 Å². The van der Waals surface area contributed by atoms with E-state index in [0.717, 1.165) is 29.1 Å². The first-order chi connectivity index (χ1) is 9.47. The van der Waals surface area contributed by atoms with Crippen molar-refractivity contribution in [2.75, 3.05) is 11.5 Å². The summed E-state index contributed by atoms with van der Waals surface area (Å²) in [6, 6.07) is 8.20. The molecule has 0 aliphatic rings. The number of benzene rings is 1. The molecular formula is C14H18BrNO3S. The van der Waals surface area contributed by atoms with E-state index in [-0.39, 0.29) is 23.5 Å². The summed E-state index contributed by atoms with van der Waals surface area (Å²) in [7, 11) is 0. The lowest BCUT2D eigenvalue weighted by atomic mass is 10.1. The van der Waals surface area contributed by atoms with Gasteiger partial charge in [-0.05, 0) is 37.5 Å². The summed E-state index contributed by atoms with van der Waals surface area (Å²) in [4.78, 5) is 21.9.